The molecule has 0 fully saturated rings. The molecular weight excluding hydrogens is 292 g/mol. The fraction of sp³-hybridized carbons (Fsp3) is 0.200. The first-order chi connectivity index (χ1) is 9.97. The van der Waals surface area contributed by atoms with Gasteiger partial charge < -0.3 is 15.2 Å². The van der Waals surface area contributed by atoms with E-state index >= 15 is 0 Å². The predicted molar refractivity (Wildman–Crippen MR) is 80.5 cm³/mol. The molecule has 2 N–H and O–H groups in total. The summed E-state index contributed by atoms with van der Waals surface area (Å²) < 4.78 is 10.4. The molecule has 2 rings (SSSR count). The topological polar surface area (TPSA) is 74.4 Å². The monoisotopic (exact) mass is 306 g/mol. The third-order valence-electron chi connectivity index (χ3n) is 2.72. The fourth-order valence-electron chi connectivity index (χ4n) is 1.85. The van der Waals surface area contributed by atoms with Crippen molar-refractivity contribution in [3.05, 3.63) is 52.3 Å². The van der Waals surface area contributed by atoms with Crippen molar-refractivity contribution in [3.63, 3.8) is 0 Å². The maximum atomic E-state index is 12.0. The molecule has 2 aromatic rings. The van der Waals surface area contributed by atoms with Gasteiger partial charge in [0.05, 0.1) is 18.4 Å². The number of hydrogen-bond donors (Lipinski definition) is 1. The van der Waals surface area contributed by atoms with E-state index < -0.39 is 5.97 Å². The lowest BCUT2D eigenvalue weighted by Gasteiger charge is -2.08. The largest absolute Gasteiger partial charge is 0.497 e. The van der Waals surface area contributed by atoms with Crippen LogP contribution in [0.5, 0.6) is 5.75 Å². The maximum Gasteiger partial charge on any atom is 0.338 e. The molecule has 0 aliphatic carbocycles. The number of nitrogens with zero attached hydrogens (tertiary/aromatic N) is 1. The molecule has 0 aliphatic rings. The van der Waals surface area contributed by atoms with Crippen molar-refractivity contribution in [1.82, 2.24) is 4.98 Å². The molecule has 0 unspecified atom stereocenters. The van der Waals surface area contributed by atoms with Gasteiger partial charge in [-0.2, -0.15) is 0 Å². The summed E-state index contributed by atoms with van der Waals surface area (Å²) in [6.07, 6.45) is 0. The van der Waals surface area contributed by atoms with Crippen LogP contribution in [-0.2, 0) is 11.3 Å². The van der Waals surface area contributed by atoms with Crippen LogP contribution in [0.15, 0.2) is 30.3 Å². The Bertz CT molecular complexity index is 654. The standard InChI is InChI=1S/C15H15ClN2O3/c1-9-3-14(20-2)7-13(18-9)8-21-15(19)10-4-11(16)6-12(17)5-10/h3-7H,8,17H2,1-2H3. The first-order valence-electron chi connectivity index (χ1n) is 6.22. The second-order valence-electron chi connectivity index (χ2n) is 4.49. The van der Waals surface area contributed by atoms with Crippen LogP contribution in [0.1, 0.15) is 21.7 Å². The molecule has 5 nitrogen and oxygen atoms in total. The Morgan fingerprint density at radius 3 is 2.71 bits per heavy atom. The van der Waals surface area contributed by atoms with E-state index in [1.54, 1.807) is 25.3 Å². The summed E-state index contributed by atoms with van der Waals surface area (Å²) in [5.74, 6) is 0.159. The van der Waals surface area contributed by atoms with E-state index in [1.807, 2.05) is 6.92 Å². The summed E-state index contributed by atoms with van der Waals surface area (Å²) in [6, 6.07) is 8.09. The Balaban J connectivity index is 2.08. The zero-order valence-electron chi connectivity index (χ0n) is 11.7. The number of aromatic nitrogens is 1. The van der Waals surface area contributed by atoms with E-state index in [4.69, 9.17) is 26.8 Å². The van der Waals surface area contributed by atoms with E-state index in [-0.39, 0.29) is 6.61 Å². The number of halogens is 1. The number of aryl methyl sites for hydroxylation is 1. The molecule has 0 saturated heterocycles. The number of ether oxygens (including phenoxy) is 2. The highest BCUT2D eigenvalue weighted by Crippen LogP contribution is 2.18. The predicted octanol–water partition coefficient (Wildman–Crippen LogP) is 2.99. The van der Waals surface area contributed by atoms with E-state index in [2.05, 4.69) is 4.98 Å². The molecule has 1 heterocycles. The van der Waals surface area contributed by atoms with Gasteiger partial charge in [0.15, 0.2) is 0 Å². The molecule has 0 amide bonds. The van der Waals surface area contributed by atoms with Crippen molar-refractivity contribution in [2.75, 3.05) is 12.8 Å². The molecule has 21 heavy (non-hydrogen) atoms. The molecule has 6 heteroatoms. The molecule has 1 aromatic carbocycles. The summed E-state index contributed by atoms with van der Waals surface area (Å²) in [4.78, 5) is 16.2. The van der Waals surface area contributed by atoms with Gasteiger partial charge in [-0.1, -0.05) is 11.6 Å². The summed E-state index contributed by atoms with van der Waals surface area (Å²) in [6.45, 7) is 1.88. The van der Waals surface area contributed by atoms with E-state index in [0.717, 1.165) is 5.69 Å². The lowest BCUT2D eigenvalue weighted by Crippen LogP contribution is -2.07. The molecule has 0 radical (unpaired) electrons. The van der Waals surface area contributed by atoms with Crippen molar-refractivity contribution in [2.24, 2.45) is 0 Å². The highest BCUT2D eigenvalue weighted by atomic mass is 35.5. The molecule has 0 aliphatic heterocycles. The average Bonchev–Trinajstić information content (AvgIpc) is 2.43. The van der Waals surface area contributed by atoms with Crippen LogP contribution in [0.25, 0.3) is 0 Å². The SMILES string of the molecule is COc1cc(C)nc(COC(=O)c2cc(N)cc(Cl)c2)c1. The van der Waals surface area contributed by atoms with Gasteiger partial charge in [0.1, 0.15) is 12.4 Å². The minimum absolute atomic E-state index is 0.0449. The van der Waals surface area contributed by atoms with Crippen LogP contribution in [0.2, 0.25) is 5.02 Å². The van der Waals surface area contributed by atoms with Crippen LogP contribution in [0.4, 0.5) is 5.69 Å². The van der Waals surface area contributed by atoms with Crippen LogP contribution in [0.3, 0.4) is 0 Å². The van der Waals surface area contributed by atoms with Crippen molar-refractivity contribution in [1.29, 1.82) is 0 Å². The van der Waals surface area contributed by atoms with Crippen molar-refractivity contribution < 1.29 is 14.3 Å². The summed E-state index contributed by atoms with van der Waals surface area (Å²) in [7, 11) is 1.57. The first kappa shape index (κ1) is 15.1. The van der Waals surface area contributed by atoms with Crippen LogP contribution in [0, 0.1) is 6.92 Å². The van der Waals surface area contributed by atoms with Gasteiger partial charge in [-0.3, -0.25) is 4.98 Å². The van der Waals surface area contributed by atoms with Crippen molar-refractivity contribution in [3.8, 4) is 5.75 Å². The third kappa shape index (κ3) is 4.10. The van der Waals surface area contributed by atoms with Gasteiger partial charge in [-0.05, 0) is 25.1 Å². The normalized spacial score (nSPS) is 10.2. The Labute approximate surface area is 127 Å². The Morgan fingerprint density at radius 1 is 1.29 bits per heavy atom. The number of pyridine rings is 1. The third-order valence-corrected chi connectivity index (χ3v) is 2.94. The summed E-state index contributed by atoms with van der Waals surface area (Å²) in [5.41, 5.74) is 7.74. The quantitative estimate of drug-likeness (QED) is 0.694. The number of benzene rings is 1. The number of nitrogen functional groups attached to an aromatic ring is 1. The zero-order valence-corrected chi connectivity index (χ0v) is 12.5. The minimum Gasteiger partial charge on any atom is -0.497 e. The number of hydrogen-bond acceptors (Lipinski definition) is 5. The lowest BCUT2D eigenvalue weighted by molar-refractivity contribution is 0.0467. The van der Waals surface area contributed by atoms with Gasteiger partial charge in [-0.25, -0.2) is 4.79 Å². The molecule has 0 atom stereocenters. The number of esters is 1. The van der Waals surface area contributed by atoms with Crippen molar-refractivity contribution in [2.45, 2.75) is 13.5 Å². The van der Waals surface area contributed by atoms with Gasteiger partial charge in [0.25, 0.3) is 0 Å². The van der Waals surface area contributed by atoms with E-state index in [0.29, 0.717) is 27.7 Å². The Hall–Kier alpha value is -2.27. The van der Waals surface area contributed by atoms with E-state index in [9.17, 15) is 4.79 Å². The van der Waals surface area contributed by atoms with Gasteiger partial charge in [0.2, 0.25) is 0 Å². The van der Waals surface area contributed by atoms with E-state index in [1.165, 1.54) is 12.1 Å². The number of carbonyl (C=O) groups excluding carboxylic acids is 1. The number of nitrogens with two attached hydrogens (primary N) is 1. The second kappa shape index (κ2) is 6.45. The molecule has 0 spiro atoms. The minimum atomic E-state index is -0.508. The average molecular weight is 307 g/mol. The van der Waals surface area contributed by atoms with Gasteiger partial charge >= 0.3 is 5.97 Å². The van der Waals surface area contributed by atoms with Crippen LogP contribution < -0.4 is 10.5 Å². The molecule has 110 valence electrons. The fourth-order valence-corrected chi connectivity index (χ4v) is 2.09. The van der Waals surface area contributed by atoms with Crippen LogP contribution in [-0.4, -0.2) is 18.1 Å². The molecule has 1 aromatic heterocycles. The number of carbonyl (C=O) groups is 1. The first-order valence-corrected chi connectivity index (χ1v) is 6.60. The Kier molecular flexibility index (Phi) is 4.65. The number of methoxy groups -OCH3 is 1. The second-order valence-corrected chi connectivity index (χ2v) is 4.93. The Morgan fingerprint density at radius 2 is 2.05 bits per heavy atom. The summed E-state index contributed by atoms with van der Waals surface area (Å²) in [5, 5.41) is 0.386. The van der Waals surface area contributed by atoms with Crippen molar-refractivity contribution >= 4 is 23.3 Å². The summed E-state index contributed by atoms with van der Waals surface area (Å²) >= 11 is 5.86. The molecular formula is C15H15ClN2O3. The molecule has 0 bridgehead atoms. The van der Waals surface area contributed by atoms with Gasteiger partial charge in [-0.15, -0.1) is 0 Å². The van der Waals surface area contributed by atoms with Crippen LogP contribution >= 0.6 is 11.6 Å². The smallest absolute Gasteiger partial charge is 0.338 e. The maximum absolute atomic E-state index is 12.0. The zero-order chi connectivity index (χ0) is 15.4. The van der Waals surface area contributed by atoms with Gasteiger partial charge in [0, 0.05) is 28.5 Å². The molecule has 0 saturated carbocycles. The number of rotatable bonds is 4. The highest BCUT2D eigenvalue weighted by molar-refractivity contribution is 6.31. The number of anilines is 1. The lowest BCUT2D eigenvalue weighted by atomic mass is 10.2. The highest BCUT2D eigenvalue weighted by Gasteiger charge is 2.10.